The molecule has 0 unspecified atom stereocenters. The van der Waals surface area contributed by atoms with Crippen molar-refractivity contribution in [1.29, 1.82) is 0 Å². The summed E-state index contributed by atoms with van der Waals surface area (Å²) in [6.07, 6.45) is 3.36. The van der Waals surface area contributed by atoms with Gasteiger partial charge in [0.05, 0.1) is 20.1 Å². The number of rotatable bonds is 6. The van der Waals surface area contributed by atoms with Crippen LogP contribution in [0.25, 0.3) is 11.4 Å². The molecular formula is C24H25FN4O3. The number of carbonyl (C=O) groups is 1. The van der Waals surface area contributed by atoms with Crippen LogP contribution in [0.3, 0.4) is 0 Å². The Balaban J connectivity index is 1.46. The number of amides is 1. The highest BCUT2D eigenvalue weighted by Crippen LogP contribution is 2.30. The molecule has 1 aliphatic heterocycles. The quantitative estimate of drug-likeness (QED) is 0.626. The molecule has 1 fully saturated rings. The van der Waals surface area contributed by atoms with E-state index < -0.39 is 0 Å². The number of halogens is 1. The standard InChI is InChI=1S/C24H25FN4O3/c1-31-20-10-9-19(14-21(20)32-2)27-24(30)17-4-3-13-29(15-17)22-11-12-26-23(28-22)16-5-7-18(25)8-6-16/h5-12,14,17H,3-4,13,15H2,1-2H3,(H,27,30)/t17-/m0/s1. The number of aromatic nitrogens is 2. The van der Waals surface area contributed by atoms with Gasteiger partial charge in [-0.1, -0.05) is 0 Å². The van der Waals surface area contributed by atoms with E-state index in [9.17, 15) is 9.18 Å². The summed E-state index contributed by atoms with van der Waals surface area (Å²) in [7, 11) is 3.13. The molecule has 2 aromatic carbocycles. The lowest BCUT2D eigenvalue weighted by Gasteiger charge is -2.33. The van der Waals surface area contributed by atoms with E-state index in [1.165, 1.54) is 12.1 Å². The minimum Gasteiger partial charge on any atom is -0.493 e. The van der Waals surface area contributed by atoms with E-state index in [0.717, 1.165) is 30.8 Å². The first-order chi connectivity index (χ1) is 15.6. The van der Waals surface area contributed by atoms with E-state index in [2.05, 4.69) is 20.2 Å². The minimum atomic E-state index is -0.302. The maximum Gasteiger partial charge on any atom is 0.229 e. The molecule has 1 N–H and O–H groups in total. The average molecular weight is 436 g/mol. The molecule has 1 amide bonds. The van der Waals surface area contributed by atoms with Gasteiger partial charge in [0.25, 0.3) is 0 Å². The molecule has 1 aromatic heterocycles. The number of methoxy groups -OCH3 is 2. The van der Waals surface area contributed by atoms with Crippen LogP contribution in [0.5, 0.6) is 11.5 Å². The second-order valence-electron chi connectivity index (χ2n) is 7.59. The average Bonchev–Trinajstić information content (AvgIpc) is 2.84. The number of piperidine rings is 1. The predicted octanol–water partition coefficient (Wildman–Crippen LogP) is 4.16. The maximum absolute atomic E-state index is 13.2. The van der Waals surface area contributed by atoms with Gasteiger partial charge in [-0.3, -0.25) is 4.79 Å². The number of anilines is 2. The Morgan fingerprint density at radius 3 is 2.62 bits per heavy atom. The molecule has 32 heavy (non-hydrogen) atoms. The van der Waals surface area contributed by atoms with E-state index in [1.54, 1.807) is 50.7 Å². The molecule has 1 atom stereocenters. The summed E-state index contributed by atoms with van der Waals surface area (Å²) in [4.78, 5) is 24.0. The lowest BCUT2D eigenvalue weighted by Crippen LogP contribution is -2.41. The summed E-state index contributed by atoms with van der Waals surface area (Å²) in [5, 5.41) is 2.98. The largest absolute Gasteiger partial charge is 0.493 e. The van der Waals surface area contributed by atoms with E-state index in [-0.39, 0.29) is 17.6 Å². The number of nitrogens with zero attached hydrogens (tertiary/aromatic N) is 3. The molecule has 1 aliphatic rings. The van der Waals surface area contributed by atoms with Crippen molar-refractivity contribution in [2.24, 2.45) is 5.92 Å². The zero-order valence-corrected chi connectivity index (χ0v) is 18.0. The third kappa shape index (κ3) is 4.80. The van der Waals surface area contributed by atoms with E-state index in [0.29, 0.717) is 29.6 Å². The second kappa shape index (κ2) is 9.64. The van der Waals surface area contributed by atoms with E-state index >= 15 is 0 Å². The third-order valence-corrected chi connectivity index (χ3v) is 5.51. The molecule has 7 nitrogen and oxygen atoms in total. The van der Waals surface area contributed by atoms with Crippen LogP contribution < -0.4 is 19.7 Å². The van der Waals surface area contributed by atoms with Gasteiger partial charge >= 0.3 is 0 Å². The van der Waals surface area contributed by atoms with Crippen molar-refractivity contribution in [2.75, 3.05) is 37.5 Å². The lowest BCUT2D eigenvalue weighted by molar-refractivity contribution is -0.120. The highest BCUT2D eigenvalue weighted by atomic mass is 19.1. The SMILES string of the molecule is COc1ccc(NC(=O)[C@H]2CCCN(c3ccnc(-c4ccc(F)cc4)n3)C2)cc1OC. The first-order valence-electron chi connectivity index (χ1n) is 10.4. The van der Waals surface area contributed by atoms with Gasteiger partial charge in [0.15, 0.2) is 17.3 Å². The predicted molar refractivity (Wildman–Crippen MR) is 121 cm³/mol. The summed E-state index contributed by atoms with van der Waals surface area (Å²) < 4.78 is 23.8. The van der Waals surface area contributed by atoms with Crippen LogP contribution in [0.2, 0.25) is 0 Å². The minimum absolute atomic E-state index is 0.0465. The van der Waals surface area contributed by atoms with E-state index in [4.69, 9.17) is 9.47 Å². The Bertz CT molecular complexity index is 1090. The molecule has 4 rings (SSSR count). The van der Waals surface area contributed by atoms with E-state index in [1.807, 2.05) is 6.07 Å². The van der Waals surface area contributed by atoms with Gasteiger partial charge < -0.3 is 19.7 Å². The molecule has 1 saturated heterocycles. The smallest absolute Gasteiger partial charge is 0.229 e. The molecule has 0 spiro atoms. The highest BCUT2D eigenvalue weighted by molar-refractivity contribution is 5.93. The van der Waals surface area contributed by atoms with Gasteiger partial charge in [-0.2, -0.15) is 0 Å². The Morgan fingerprint density at radius 2 is 1.88 bits per heavy atom. The van der Waals surface area contributed by atoms with Gasteiger partial charge in [-0.25, -0.2) is 14.4 Å². The molecule has 8 heteroatoms. The van der Waals surface area contributed by atoms with Gasteiger partial charge in [0, 0.05) is 36.6 Å². The van der Waals surface area contributed by atoms with Crippen LogP contribution in [-0.2, 0) is 4.79 Å². The summed E-state index contributed by atoms with van der Waals surface area (Å²) >= 11 is 0. The molecule has 0 radical (unpaired) electrons. The van der Waals surface area contributed by atoms with Crippen LogP contribution in [0.15, 0.2) is 54.7 Å². The molecule has 0 saturated carbocycles. The zero-order valence-electron chi connectivity index (χ0n) is 18.0. The molecule has 166 valence electrons. The van der Waals surface area contributed by atoms with Gasteiger partial charge in [-0.05, 0) is 55.3 Å². The monoisotopic (exact) mass is 436 g/mol. The van der Waals surface area contributed by atoms with Crippen LogP contribution >= 0.6 is 0 Å². The number of hydrogen-bond donors (Lipinski definition) is 1. The Labute approximate surface area is 186 Å². The summed E-state index contributed by atoms with van der Waals surface area (Å²) in [5.41, 5.74) is 1.40. The normalized spacial score (nSPS) is 15.8. The van der Waals surface area contributed by atoms with Gasteiger partial charge in [-0.15, -0.1) is 0 Å². The Hall–Kier alpha value is -3.68. The number of hydrogen-bond acceptors (Lipinski definition) is 6. The number of nitrogens with one attached hydrogen (secondary N) is 1. The molecule has 0 bridgehead atoms. The van der Waals surface area contributed by atoms with Crippen molar-refractivity contribution in [3.05, 3.63) is 60.5 Å². The Morgan fingerprint density at radius 1 is 1.09 bits per heavy atom. The van der Waals surface area contributed by atoms with Crippen LogP contribution in [0, 0.1) is 11.7 Å². The van der Waals surface area contributed by atoms with Crippen molar-refractivity contribution in [1.82, 2.24) is 9.97 Å². The second-order valence-corrected chi connectivity index (χ2v) is 7.59. The number of carbonyl (C=O) groups excluding carboxylic acids is 1. The fourth-order valence-electron chi connectivity index (χ4n) is 3.82. The van der Waals surface area contributed by atoms with Crippen molar-refractivity contribution >= 4 is 17.4 Å². The summed E-state index contributed by atoms with van der Waals surface area (Å²) in [6.45, 7) is 1.36. The first-order valence-corrected chi connectivity index (χ1v) is 10.4. The lowest BCUT2D eigenvalue weighted by atomic mass is 9.97. The van der Waals surface area contributed by atoms with Crippen molar-refractivity contribution in [2.45, 2.75) is 12.8 Å². The highest BCUT2D eigenvalue weighted by Gasteiger charge is 2.27. The van der Waals surface area contributed by atoms with Crippen molar-refractivity contribution in [3.8, 4) is 22.9 Å². The molecule has 2 heterocycles. The number of ether oxygens (including phenoxy) is 2. The van der Waals surface area contributed by atoms with Gasteiger partial charge in [0.2, 0.25) is 5.91 Å². The van der Waals surface area contributed by atoms with Crippen molar-refractivity contribution < 1.29 is 18.7 Å². The third-order valence-electron chi connectivity index (χ3n) is 5.51. The van der Waals surface area contributed by atoms with Crippen LogP contribution in [0.4, 0.5) is 15.9 Å². The molecule has 3 aromatic rings. The van der Waals surface area contributed by atoms with Crippen molar-refractivity contribution in [3.63, 3.8) is 0 Å². The fourth-order valence-corrected chi connectivity index (χ4v) is 3.82. The topological polar surface area (TPSA) is 76.6 Å². The molecule has 0 aliphatic carbocycles. The first kappa shape index (κ1) is 21.5. The maximum atomic E-state index is 13.2. The van der Waals surface area contributed by atoms with Gasteiger partial charge in [0.1, 0.15) is 11.6 Å². The van der Waals surface area contributed by atoms with Crippen LogP contribution in [0.1, 0.15) is 12.8 Å². The molecular weight excluding hydrogens is 411 g/mol. The van der Waals surface area contributed by atoms with Crippen LogP contribution in [-0.4, -0.2) is 43.2 Å². The number of benzene rings is 2. The Kier molecular flexibility index (Phi) is 6.49. The summed E-state index contributed by atoms with van der Waals surface area (Å²) in [6, 6.07) is 13.2. The fraction of sp³-hybridized carbons (Fsp3) is 0.292. The zero-order chi connectivity index (χ0) is 22.5. The summed E-state index contributed by atoms with van der Waals surface area (Å²) in [5.74, 6) is 1.92.